The van der Waals surface area contributed by atoms with Gasteiger partial charge in [-0.1, -0.05) is 0 Å². The maximum Gasteiger partial charge on any atom is 0.290 e. The zero-order valence-electron chi connectivity index (χ0n) is 9.72. The van der Waals surface area contributed by atoms with Gasteiger partial charge in [-0.15, -0.1) is 0 Å². The SMILES string of the molecule is O=c1[nH]ccnc1N1CC(N2CCNCC2)C1. The van der Waals surface area contributed by atoms with E-state index in [-0.39, 0.29) is 5.56 Å². The molecule has 0 bridgehead atoms. The highest BCUT2D eigenvalue weighted by Crippen LogP contribution is 2.18. The van der Waals surface area contributed by atoms with Crippen LogP contribution in [0.3, 0.4) is 0 Å². The molecule has 2 aliphatic heterocycles. The second kappa shape index (κ2) is 4.46. The summed E-state index contributed by atoms with van der Waals surface area (Å²) in [6.07, 6.45) is 3.20. The van der Waals surface area contributed by atoms with E-state index in [0.29, 0.717) is 11.9 Å². The zero-order chi connectivity index (χ0) is 11.7. The Balaban J connectivity index is 1.61. The minimum Gasteiger partial charge on any atom is -0.349 e. The van der Waals surface area contributed by atoms with Gasteiger partial charge in [-0.25, -0.2) is 4.98 Å². The molecule has 3 rings (SSSR count). The molecule has 1 aromatic heterocycles. The Labute approximate surface area is 99.6 Å². The number of H-pyrrole nitrogens is 1. The van der Waals surface area contributed by atoms with Crippen LogP contribution in [0, 0.1) is 0 Å². The molecule has 0 amide bonds. The molecule has 92 valence electrons. The third-order valence-electron chi connectivity index (χ3n) is 3.52. The summed E-state index contributed by atoms with van der Waals surface area (Å²) in [5.74, 6) is 0.555. The summed E-state index contributed by atoms with van der Waals surface area (Å²) < 4.78 is 0. The largest absolute Gasteiger partial charge is 0.349 e. The van der Waals surface area contributed by atoms with Crippen LogP contribution in [0.4, 0.5) is 5.82 Å². The summed E-state index contributed by atoms with van der Waals surface area (Å²) in [6.45, 7) is 6.19. The number of hydrogen-bond acceptors (Lipinski definition) is 5. The molecule has 2 aliphatic rings. The number of aromatic amines is 1. The smallest absolute Gasteiger partial charge is 0.290 e. The van der Waals surface area contributed by atoms with Crippen LogP contribution in [0.1, 0.15) is 0 Å². The number of rotatable bonds is 2. The van der Waals surface area contributed by atoms with Crippen molar-refractivity contribution in [3.05, 3.63) is 22.7 Å². The Morgan fingerprint density at radius 1 is 1.29 bits per heavy atom. The Kier molecular flexibility index (Phi) is 2.82. The summed E-state index contributed by atoms with van der Waals surface area (Å²) in [5.41, 5.74) is -0.0914. The Morgan fingerprint density at radius 2 is 2.06 bits per heavy atom. The summed E-state index contributed by atoms with van der Waals surface area (Å²) >= 11 is 0. The second-order valence-corrected chi connectivity index (χ2v) is 4.59. The summed E-state index contributed by atoms with van der Waals surface area (Å²) in [4.78, 5) is 22.9. The van der Waals surface area contributed by atoms with Gasteiger partial charge in [-0.2, -0.15) is 0 Å². The first kappa shape index (κ1) is 10.7. The number of piperazine rings is 1. The molecule has 6 nitrogen and oxygen atoms in total. The maximum atomic E-state index is 11.6. The fourth-order valence-corrected chi connectivity index (χ4v) is 2.48. The molecule has 6 heteroatoms. The number of nitrogens with zero attached hydrogens (tertiary/aromatic N) is 3. The molecule has 0 spiro atoms. The van der Waals surface area contributed by atoms with Crippen molar-refractivity contribution in [3.8, 4) is 0 Å². The van der Waals surface area contributed by atoms with Crippen molar-refractivity contribution in [1.29, 1.82) is 0 Å². The maximum absolute atomic E-state index is 11.6. The lowest BCUT2D eigenvalue weighted by molar-refractivity contribution is 0.147. The third kappa shape index (κ3) is 2.05. The number of anilines is 1. The van der Waals surface area contributed by atoms with Gasteiger partial charge in [-0.05, 0) is 0 Å². The molecule has 17 heavy (non-hydrogen) atoms. The molecule has 2 N–H and O–H groups in total. The van der Waals surface area contributed by atoms with Crippen LogP contribution in [-0.4, -0.2) is 60.2 Å². The van der Waals surface area contributed by atoms with Gasteiger partial charge in [0.05, 0.1) is 0 Å². The first-order valence-corrected chi connectivity index (χ1v) is 6.08. The topological polar surface area (TPSA) is 64.3 Å². The Bertz CT molecular complexity index is 433. The fraction of sp³-hybridized carbons (Fsp3) is 0.636. The highest BCUT2D eigenvalue weighted by molar-refractivity contribution is 5.39. The van der Waals surface area contributed by atoms with Crippen LogP contribution in [0.2, 0.25) is 0 Å². The molecule has 1 aromatic rings. The van der Waals surface area contributed by atoms with Crippen molar-refractivity contribution >= 4 is 5.82 Å². The second-order valence-electron chi connectivity index (χ2n) is 4.59. The molecule has 0 aliphatic carbocycles. The highest BCUT2D eigenvalue weighted by Gasteiger charge is 2.33. The normalized spacial score (nSPS) is 22.5. The monoisotopic (exact) mass is 235 g/mol. The lowest BCUT2D eigenvalue weighted by Crippen LogP contribution is -2.63. The molecular formula is C11H17N5O. The van der Waals surface area contributed by atoms with Gasteiger partial charge < -0.3 is 15.2 Å². The Morgan fingerprint density at radius 3 is 2.76 bits per heavy atom. The standard InChI is InChI=1S/C11H17N5O/c17-11-10(13-1-2-14-11)16-7-9(8-16)15-5-3-12-4-6-15/h1-2,9,12H,3-8H2,(H,14,17). The van der Waals surface area contributed by atoms with Gasteiger partial charge in [0.15, 0.2) is 5.82 Å². The van der Waals surface area contributed by atoms with Crippen LogP contribution in [0.15, 0.2) is 17.2 Å². The molecule has 0 atom stereocenters. The van der Waals surface area contributed by atoms with Crippen molar-refractivity contribution in [1.82, 2.24) is 20.2 Å². The van der Waals surface area contributed by atoms with E-state index in [4.69, 9.17) is 0 Å². The highest BCUT2D eigenvalue weighted by atomic mass is 16.1. The van der Waals surface area contributed by atoms with Crippen LogP contribution < -0.4 is 15.8 Å². The summed E-state index contributed by atoms with van der Waals surface area (Å²) in [6, 6.07) is 0.582. The van der Waals surface area contributed by atoms with E-state index in [1.54, 1.807) is 12.4 Å². The average Bonchev–Trinajstić information content (AvgIpc) is 2.31. The molecular weight excluding hydrogens is 218 g/mol. The predicted molar refractivity (Wildman–Crippen MR) is 65.3 cm³/mol. The molecule has 3 heterocycles. The van der Waals surface area contributed by atoms with E-state index >= 15 is 0 Å². The minimum atomic E-state index is -0.0914. The van der Waals surface area contributed by atoms with E-state index in [0.717, 1.165) is 39.3 Å². The third-order valence-corrected chi connectivity index (χ3v) is 3.52. The van der Waals surface area contributed by atoms with E-state index in [9.17, 15) is 4.79 Å². The first-order chi connectivity index (χ1) is 8.34. The van der Waals surface area contributed by atoms with E-state index in [1.165, 1.54) is 0 Å². The van der Waals surface area contributed by atoms with Crippen LogP contribution >= 0.6 is 0 Å². The summed E-state index contributed by atoms with van der Waals surface area (Å²) in [7, 11) is 0. The lowest BCUT2D eigenvalue weighted by atomic mass is 10.1. The molecule has 2 saturated heterocycles. The number of hydrogen-bond donors (Lipinski definition) is 2. The van der Waals surface area contributed by atoms with Gasteiger partial charge in [0, 0.05) is 57.7 Å². The van der Waals surface area contributed by atoms with Crippen molar-refractivity contribution in [2.75, 3.05) is 44.2 Å². The predicted octanol–water partition coefficient (Wildman–Crippen LogP) is -1.14. The molecule has 0 aromatic carbocycles. The molecule has 0 saturated carbocycles. The van der Waals surface area contributed by atoms with Crippen molar-refractivity contribution in [2.24, 2.45) is 0 Å². The van der Waals surface area contributed by atoms with E-state index in [2.05, 4.69) is 20.2 Å². The first-order valence-electron chi connectivity index (χ1n) is 6.08. The minimum absolute atomic E-state index is 0.0914. The van der Waals surface area contributed by atoms with Gasteiger partial charge in [0.25, 0.3) is 5.56 Å². The Hall–Kier alpha value is -1.40. The molecule has 0 radical (unpaired) electrons. The average molecular weight is 235 g/mol. The van der Waals surface area contributed by atoms with Crippen LogP contribution in [-0.2, 0) is 0 Å². The van der Waals surface area contributed by atoms with Gasteiger partial charge >= 0.3 is 0 Å². The zero-order valence-corrected chi connectivity index (χ0v) is 9.72. The molecule has 0 unspecified atom stereocenters. The van der Waals surface area contributed by atoms with E-state index in [1.807, 2.05) is 4.90 Å². The van der Waals surface area contributed by atoms with E-state index < -0.39 is 0 Å². The quantitative estimate of drug-likeness (QED) is 0.678. The summed E-state index contributed by atoms with van der Waals surface area (Å²) in [5, 5.41) is 3.35. The van der Waals surface area contributed by atoms with Crippen LogP contribution in [0.5, 0.6) is 0 Å². The van der Waals surface area contributed by atoms with Gasteiger partial charge in [0.1, 0.15) is 0 Å². The number of nitrogens with one attached hydrogen (secondary N) is 2. The van der Waals surface area contributed by atoms with Crippen LogP contribution in [0.25, 0.3) is 0 Å². The number of aromatic nitrogens is 2. The molecule has 2 fully saturated rings. The lowest BCUT2D eigenvalue weighted by Gasteiger charge is -2.46. The van der Waals surface area contributed by atoms with Crippen molar-refractivity contribution < 1.29 is 0 Å². The van der Waals surface area contributed by atoms with Crippen molar-refractivity contribution in [3.63, 3.8) is 0 Å². The van der Waals surface area contributed by atoms with Gasteiger partial charge in [0.2, 0.25) is 0 Å². The fourth-order valence-electron chi connectivity index (χ4n) is 2.48. The van der Waals surface area contributed by atoms with Crippen molar-refractivity contribution in [2.45, 2.75) is 6.04 Å². The van der Waals surface area contributed by atoms with Gasteiger partial charge in [-0.3, -0.25) is 9.69 Å².